The molecule has 0 radical (unpaired) electrons. The minimum absolute atomic E-state index is 0.770. The Balaban J connectivity index is 2.00. The Labute approximate surface area is 148 Å². The highest BCUT2D eigenvalue weighted by molar-refractivity contribution is 5.70. The van der Waals surface area contributed by atoms with E-state index in [0.717, 1.165) is 5.92 Å². The topological polar surface area (TPSA) is 0 Å². The molecule has 1 aliphatic rings. The van der Waals surface area contributed by atoms with Crippen LogP contribution in [-0.4, -0.2) is 0 Å². The fourth-order valence-electron chi connectivity index (χ4n) is 4.37. The van der Waals surface area contributed by atoms with Crippen molar-refractivity contribution in [3.05, 3.63) is 59.2 Å². The molecule has 0 aromatic heterocycles. The SMILES string of the molecule is CCCc1ccc(-c2cccc(CCC)c2C2CCCCC2)cc1. The molecule has 0 unspecified atom stereocenters. The second-order valence-corrected chi connectivity index (χ2v) is 7.41. The molecule has 1 aliphatic carbocycles. The average Bonchev–Trinajstić information content (AvgIpc) is 2.63. The summed E-state index contributed by atoms with van der Waals surface area (Å²) >= 11 is 0. The first-order chi connectivity index (χ1) is 11.8. The highest BCUT2D eigenvalue weighted by atomic mass is 14.3. The van der Waals surface area contributed by atoms with Crippen molar-refractivity contribution in [2.45, 2.75) is 77.6 Å². The van der Waals surface area contributed by atoms with Crippen molar-refractivity contribution >= 4 is 0 Å². The van der Waals surface area contributed by atoms with Gasteiger partial charge in [0.1, 0.15) is 0 Å². The molecule has 2 aromatic rings. The first-order valence-corrected chi connectivity index (χ1v) is 10.0. The van der Waals surface area contributed by atoms with Gasteiger partial charge in [-0.2, -0.15) is 0 Å². The van der Waals surface area contributed by atoms with Crippen LogP contribution in [0.1, 0.15) is 81.4 Å². The van der Waals surface area contributed by atoms with E-state index in [4.69, 9.17) is 0 Å². The number of hydrogen-bond acceptors (Lipinski definition) is 0. The monoisotopic (exact) mass is 320 g/mol. The van der Waals surface area contributed by atoms with Gasteiger partial charge in [-0.05, 0) is 59.4 Å². The molecule has 0 heteroatoms. The van der Waals surface area contributed by atoms with Gasteiger partial charge in [0.2, 0.25) is 0 Å². The van der Waals surface area contributed by atoms with Gasteiger partial charge in [-0.25, -0.2) is 0 Å². The zero-order valence-corrected chi connectivity index (χ0v) is 15.5. The van der Waals surface area contributed by atoms with E-state index in [9.17, 15) is 0 Å². The molecule has 24 heavy (non-hydrogen) atoms. The summed E-state index contributed by atoms with van der Waals surface area (Å²) in [6.07, 6.45) is 11.8. The zero-order valence-electron chi connectivity index (χ0n) is 15.5. The summed E-state index contributed by atoms with van der Waals surface area (Å²) in [7, 11) is 0. The third kappa shape index (κ3) is 3.91. The van der Waals surface area contributed by atoms with Crippen LogP contribution in [0.25, 0.3) is 11.1 Å². The summed E-state index contributed by atoms with van der Waals surface area (Å²) in [5.74, 6) is 0.770. The average molecular weight is 321 g/mol. The van der Waals surface area contributed by atoms with Crippen molar-refractivity contribution in [3.63, 3.8) is 0 Å². The molecule has 0 amide bonds. The van der Waals surface area contributed by atoms with E-state index in [0.29, 0.717) is 0 Å². The van der Waals surface area contributed by atoms with Crippen LogP contribution in [-0.2, 0) is 12.8 Å². The minimum Gasteiger partial charge on any atom is -0.0651 e. The predicted molar refractivity (Wildman–Crippen MR) is 106 cm³/mol. The highest BCUT2D eigenvalue weighted by Gasteiger charge is 2.21. The van der Waals surface area contributed by atoms with Crippen LogP contribution < -0.4 is 0 Å². The summed E-state index contributed by atoms with van der Waals surface area (Å²) in [4.78, 5) is 0. The van der Waals surface area contributed by atoms with Crippen LogP contribution in [0.4, 0.5) is 0 Å². The van der Waals surface area contributed by atoms with Gasteiger partial charge in [0, 0.05) is 0 Å². The molecule has 0 N–H and O–H groups in total. The predicted octanol–water partition coefficient (Wildman–Crippen LogP) is 7.31. The summed E-state index contributed by atoms with van der Waals surface area (Å²) in [6.45, 7) is 4.56. The molecule has 0 atom stereocenters. The number of rotatable bonds is 6. The molecule has 0 heterocycles. The summed E-state index contributed by atoms with van der Waals surface area (Å²) in [5, 5.41) is 0. The molecule has 3 rings (SSSR count). The highest BCUT2D eigenvalue weighted by Crippen LogP contribution is 2.40. The lowest BCUT2D eigenvalue weighted by Gasteiger charge is -2.27. The lowest BCUT2D eigenvalue weighted by atomic mass is 9.78. The van der Waals surface area contributed by atoms with Gasteiger partial charge in [-0.15, -0.1) is 0 Å². The van der Waals surface area contributed by atoms with Crippen LogP contribution in [0.15, 0.2) is 42.5 Å². The van der Waals surface area contributed by atoms with Gasteiger partial charge in [-0.3, -0.25) is 0 Å². The zero-order chi connectivity index (χ0) is 16.8. The second-order valence-electron chi connectivity index (χ2n) is 7.41. The van der Waals surface area contributed by atoms with Crippen molar-refractivity contribution < 1.29 is 0 Å². The van der Waals surface area contributed by atoms with Gasteiger partial charge in [0.25, 0.3) is 0 Å². The third-order valence-corrected chi connectivity index (χ3v) is 5.53. The first-order valence-electron chi connectivity index (χ1n) is 10.0. The standard InChI is InChI=1S/C24H32/c1-3-9-19-15-17-20(18-16-19)23-14-8-13-21(10-4-2)24(23)22-11-6-5-7-12-22/h8,13-18,22H,3-7,9-12H2,1-2H3. The van der Waals surface area contributed by atoms with Gasteiger partial charge < -0.3 is 0 Å². The van der Waals surface area contributed by atoms with Gasteiger partial charge in [-0.1, -0.05) is 88.4 Å². The normalized spacial score (nSPS) is 15.6. The van der Waals surface area contributed by atoms with E-state index in [-0.39, 0.29) is 0 Å². The Morgan fingerprint density at radius 2 is 1.50 bits per heavy atom. The van der Waals surface area contributed by atoms with E-state index < -0.39 is 0 Å². The molecule has 0 bridgehead atoms. The smallest absolute Gasteiger partial charge is 0.0146 e. The summed E-state index contributed by atoms with van der Waals surface area (Å²) in [5.41, 5.74) is 7.64. The Morgan fingerprint density at radius 3 is 2.17 bits per heavy atom. The van der Waals surface area contributed by atoms with Crippen LogP contribution >= 0.6 is 0 Å². The lowest BCUT2D eigenvalue weighted by molar-refractivity contribution is 0.442. The first kappa shape index (κ1) is 17.3. The van der Waals surface area contributed by atoms with Crippen molar-refractivity contribution in [3.8, 4) is 11.1 Å². The fraction of sp³-hybridized carbons (Fsp3) is 0.500. The Morgan fingerprint density at radius 1 is 0.792 bits per heavy atom. The molecule has 0 nitrogen and oxygen atoms in total. The maximum atomic E-state index is 2.38. The van der Waals surface area contributed by atoms with E-state index in [1.165, 1.54) is 74.5 Å². The van der Waals surface area contributed by atoms with E-state index >= 15 is 0 Å². The summed E-state index contributed by atoms with van der Waals surface area (Å²) < 4.78 is 0. The number of aryl methyl sites for hydroxylation is 2. The van der Waals surface area contributed by atoms with Crippen molar-refractivity contribution in [1.29, 1.82) is 0 Å². The van der Waals surface area contributed by atoms with Crippen LogP contribution in [0, 0.1) is 0 Å². The number of hydrogen-bond donors (Lipinski definition) is 0. The second kappa shape index (κ2) is 8.51. The number of benzene rings is 2. The molecule has 1 fully saturated rings. The Kier molecular flexibility index (Phi) is 6.12. The molecule has 128 valence electrons. The Bertz CT molecular complexity index is 630. The lowest BCUT2D eigenvalue weighted by Crippen LogP contribution is -2.09. The maximum Gasteiger partial charge on any atom is -0.0146 e. The van der Waals surface area contributed by atoms with Crippen LogP contribution in [0.2, 0.25) is 0 Å². The molecule has 1 saturated carbocycles. The van der Waals surface area contributed by atoms with E-state index in [1.54, 1.807) is 11.1 Å². The fourth-order valence-corrected chi connectivity index (χ4v) is 4.37. The molecule has 2 aromatic carbocycles. The third-order valence-electron chi connectivity index (χ3n) is 5.53. The largest absolute Gasteiger partial charge is 0.0651 e. The molecule has 0 saturated heterocycles. The van der Waals surface area contributed by atoms with Crippen molar-refractivity contribution in [2.24, 2.45) is 0 Å². The minimum atomic E-state index is 0.770. The molecule has 0 spiro atoms. The van der Waals surface area contributed by atoms with Crippen LogP contribution in [0.3, 0.4) is 0 Å². The molecule has 0 aliphatic heterocycles. The molecular weight excluding hydrogens is 288 g/mol. The maximum absolute atomic E-state index is 2.38. The van der Waals surface area contributed by atoms with E-state index in [2.05, 4.69) is 56.3 Å². The Hall–Kier alpha value is -1.56. The van der Waals surface area contributed by atoms with Gasteiger partial charge in [0.15, 0.2) is 0 Å². The van der Waals surface area contributed by atoms with Gasteiger partial charge in [0.05, 0.1) is 0 Å². The van der Waals surface area contributed by atoms with E-state index in [1.807, 2.05) is 0 Å². The van der Waals surface area contributed by atoms with Crippen molar-refractivity contribution in [1.82, 2.24) is 0 Å². The molecular formula is C24H32. The van der Waals surface area contributed by atoms with Crippen LogP contribution in [0.5, 0.6) is 0 Å². The van der Waals surface area contributed by atoms with Gasteiger partial charge >= 0.3 is 0 Å². The summed E-state index contributed by atoms with van der Waals surface area (Å²) in [6, 6.07) is 16.4. The quantitative estimate of drug-likeness (QED) is 0.523. The van der Waals surface area contributed by atoms with Crippen molar-refractivity contribution in [2.75, 3.05) is 0 Å².